The summed E-state index contributed by atoms with van der Waals surface area (Å²) in [6.07, 6.45) is -3.03. The molecule has 2 N–H and O–H groups in total. The average molecular weight is 271 g/mol. The second-order valence-electron chi connectivity index (χ2n) is 4.11. The quantitative estimate of drug-likeness (QED) is 0.870. The smallest absolute Gasteiger partial charge is 0.399 e. The zero-order chi connectivity index (χ0) is 14.0. The van der Waals surface area contributed by atoms with E-state index in [0.717, 1.165) is 18.6 Å². The van der Waals surface area contributed by atoms with Crippen LogP contribution >= 0.6 is 0 Å². The predicted molar refractivity (Wildman–Crippen MR) is 63.1 cm³/mol. The molecular formula is C12H12F3N3O. The van der Waals surface area contributed by atoms with Gasteiger partial charge in [-0.25, -0.2) is 0 Å². The predicted octanol–water partition coefficient (Wildman–Crippen LogP) is 3.29. The van der Waals surface area contributed by atoms with Crippen molar-refractivity contribution in [2.45, 2.75) is 25.9 Å². The number of nitrogen functional groups attached to an aromatic ring is 1. The van der Waals surface area contributed by atoms with Crippen LogP contribution in [0.4, 0.5) is 18.9 Å². The molecule has 1 aromatic carbocycles. The fourth-order valence-electron chi connectivity index (χ4n) is 1.64. The molecule has 7 heteroatoms. The summed E-state index contributed by atoms with van der Waals surface area (Å²) in [5.74, 6) is 0.509. The molecule has 1 heterocycles. The van der Waals surface area contributed by atoms with E-state index in [9.17, 15) is 13.2 Å². The van der Waals surface area contributed by atoms with Crippen molar-refractivity contribution in [1.82, 2.24) is 10.1 Å². The molecule has 102 valence electrons. The lowest BCUT2D eigenvalue weighted by molar-refractivity contribution is -0.137. The Bertz CT molecular complexity index is 578. The Hall–Kier alpha value is -2.05. The van der Waals surface area contributed by atoms with Gasteiger partial charge in [0.25, 0.3) is 5.89 Å². The van der Waals surface area contributed by atoms with Gasteiger partial charge in [0.1, 0.15) is 0 Å². The molecule has 0 atom stereocenters. The van der Waals surface area contributed by atoms with E-state index < -0.39 is 11.7 Å². The number of nitrogens with two attached hydrogens (primary N) is 1. The van der Waals surface area contributed by atoms with Gasteiger partial charge in [0.05, 0.1) is 5.56 Å². The maximum absolute atomic E-state index is 12.7. The third-order valence-corrected chi connectivity index (χ3v) is 2.47. The SMILES string of the molecule is CCCc1noc(-c2cc(N)cc(C(F)(F)F)c2)n1. The summed E-state index contributed by atoms with van der Waals surface area (Å²) in [5, 5.41) is 3.70. The van der Waals surface area contributed by atoms with E-state index in [4.69, 9.17) is 10.3 Å². The first kappa shape index (κ1) is 13.4. The Morgan fingerprint density at radius 2 is 2.00 bits per heavy atom. The summed E-state index contributed by atoms with van der Waals surface area (Å²) in [6, 6.07) is 3.19. The first-order chi connectivity index (χ1) is 8.90. The van der Waals surface area contributed by atoms with Gasteiger partial charge >= 0.3 is 6.18 Å². The summed E-state index contributed by atoms with van der Waals surface area (Å²) in [6.45, 7) is 1.94. The standard InChI is InChI=1S/C12H12F3N3O/c1-2-3-10-17-11(19-18-10)7-4-8(12(13,14)15)6-9(16)5-7/h4-6H,2-3,16H2,1H3. The van der Waals surface area contributed by atoms with Crippen LogP contribution in [0.15, 0.2) is 22.7 Å². The highest BCUT2D eigenvalue weighted by Crippen LogP contribution is 2.33. The summed E-state index contributed by atoms with van der Waals surface area (Å²) in [7, 11) is 0. The van der Waals surface area contributed by atoms with Gasteiger partial charge in [-0.05, 0) is 24.6 Å². The van der Waals surface area contributed by atoms with E-state index in [1.165, 1.54) is 6.07 Å². The van der Waals surface area contributed by atoms with Crippen molar-refractivity contribution in [1.29, 1.82) is 0 Å². The minimum atomic E-state index is -4.46. The number of nitrogens with zero attached hydrogens (tertiary/aromatic N) is 2. The Kier molecular flexibility index (Phi) is 3.46. The Morgan fingerprint density at radius 3 is 2.63 bits per heavy atom. The fraction of sp³-hybridized carbons (Fsp3) is 0.333. The molecule has 2 rings (SSSR count). The van der Waals surface area contributed by atoms with E-state index in [-0.39, 0.29) is 17.1 Å². The Balaban J connectivity index is 2.41. The zero-order valence-electron chi connectivity index (χ0n) is 10.2. The van der Waals surface area contributed by atoms with Crippen LogP contribution in [0.2, 0.25) is 0 Å². The molecule has 0 saturated heterocycles. The highest BCUT2D eigenvalue weighted by atomic mass is 19.4. The van der Waals surface area contributed by atoms with Crippen LogP contribution in [0.1, 0.15) is 24.7 Å². The van der Waals surface area contributed by atoms with Crippen LogP contribution in [0.3, 0.4) is 0 Å². The van der Waals surface area contributed by atoms with Crippen LogP contribution in [0, 0.1) is 0 Å². The molecule has 4 nitrogen and oxygen atoms in total. The number of halogens is 3. The summed E-state index contributed by atoms with van der Waals surface area (Å²) >= 11 is 0. The van der Waals surface area contributed by atoms with Crippen LogP contribution < -0.4 is 5.73 Å². The second-order valence-corrected chi connectivity index (χ2v) is 4.11. The van der Waals surface area contributed by atoms with Gasteiger partial charge < -0.3 is 10.3 Å². The van der Waals surface area contributed by atoms with Crippen molar-refractivity contribution in [3.63, 3.8) is 0 Å². The van der Waals surface area contributed by atoms with Crippen LogP contribution in [-0.4, -0.2) is 10.1 Å². The van der Waals surface area contributed by atoms with Gasteiger partial charge in [0.2, 0.25) is 0 Å². The molecular weight excluding hydrogens is 259 g/mol. The monoisotopic (exact) mass is 271 g/mol. The normalized spacial score (nSPS) is 11.8. The lowest BCUT2D eigenvalue weighted by Crippen LogP contribution is -2.06. The highest BCUT2D eigenvalue weighted by Gasteiger charge is 2.31. The minimum Gasteiger partial charge on any atom is -0.399 e. The van der Waals surface area contributed by atoms with E-state index in [2.05, 4.69) is 10.1 Å². The van der Waals surface area contributed by atoms with Gasteiger partial charge in [-0.1, -0.05) is 12.1 Å². The molecule has 2 aromatic rings. The van der Waals surface area contributed by atoms with Crippen LogP contribution in [0.5, 0.6) is 0 Å². The fourth-order valence-corrected chi connectivity index (χ4v) is 1.64. The van der Waals surface area contributed by atoms with Crippen molar-refractivity contribution in [2.75, 3.05) is 5.73 Å². The third kappa shape index (κ3) is 3.04. The molecule has 0 spiro atoms. The van der Waals surface area contributed by atoms with E-state index in [0.29, 0.717) is 12.2 Å². The maximum atomic E-state index is 12.7. The number of aromatic nitrogens is 2. The van der Waals surface area contributed by atoms with E-state index in [1.807, 2.05) is 6.92 Å². The van der Waals surface area contributed by atoms with Crippen molar-refractivity contribution in [3.05, 3.63) is 29.6 Å². The number of anilines is 1. The van der Waals surface area contributed by atoms with Gasteiger partial charge in [0, 0.05) is 17.7 Å². The average Bonchev–Trinajstić information content (AvgIpc) is 2.76. The Morgan fingerprint density at radius 1 is 1.26 bits per heavy atom. The third-order valence-electron chi connectivity index (χ3n) is 2.47. The summed E-state index contributed by atoms with van der Waals surface area (Å²) in [5.41, 5.74) is 4.80. The minimum absolute atomic E-state index is 0.0000616. The molecule has 0 aliphatic carbocycles. The highest BCUT2D eigenvalue weighted by molar-refractivity contribution is 5.62. The molecule has 0 bridgehead atoms. The first-order valence-electron chi connectivity index (χ1n) is 5.71. The van der Waals surface area contributed by atoms with Gasteiger partial charge in [-0.15, -0.1) is 0 Å². The Labute approximate surface area is 107 Å². The number of benzene rings is 1. The lowest BCUT2D eigenvalue weighted by Gasteiger charge is -2.08. The number of hydrogen-bond donors (Lipinski definition) is 1. The number of hydrogen-bond acceptors (Lipinski definition) is 4. The van der Waals surface area contributed by atoms with Crippen molar-refractivity contribution >= 4 is 5.69 Å². The molecule has 0 aliphatic heterocycles. The van der Waals surface area contributed by atoms with Gasteiger partial charge in [0.15, 0.2) is 5.82 Å². The molecule has 0 aliphatic rings. The molecule has 0 fully saturated rings. The first-order valence-corrected chi connectivity index (χ1v) is 5.71. The number of rotatable bonds is 3. The van der Waals surface area contributed by atoms with Crippen LogP contribution in [0.25, 0.3) is 11.5 Å². The molecule has 0 amide bonds. The van der Waals surface area contributed by atoms with Crippen molar-refractivity contribution in [2.24, 2.45) is 0 Å². The van der Waals surface area contributed by atoms with Crippen LogP contribution in [-0.2, 0) is 12.6 Å². The van der Waals surface area contributed by atoms with Gasteiger partial charge in [-0.2, -0.15) is 18.2 Å². The molecule has 0 saturated carbocycles. The summed E-state index contributed by atoms with van der Waals surface area (Å²) in [4.78, 5) is 4.03. The lowest BCUT2D eigenvalue weighted by atomic mass is 10.1. The number of aryl methyl sites for hydroxylation is 1. The topological polar surface area (TPSA) is 64.9 Å². The second kappa shape index (κ2) is 4.91. The van der Waals surface area contributed by atoms with E-state index >= 15 is 0 Å². The van der Waals surface area contributed by atoms with Crippen molar-refractivity contribution in [3.8, 4) is 11.5 Å². The molecule has 0 radical (unpaired) electrons. The largest absolute Gasteiger partial charge is 0.416 e. The van der Waals surface area contributed by atoms with E-state index in [1.54, 1.807) is 0 Å². The molecule has 19 heavy (non-hydrogen) atoms. The summed E-state index contributed by atoms with van der Waals surface area (Å²) < 4.78 is 42.9. The van der Waals surface area contributed by atoms with Gasteiger partial charge in [-0.3, -0.25) is 0 Å². The molecule has 1 aromatic heterocycles. The molecule has 0 unspecified atom stereocenters. The zero-order valence-corrected chi connectivity index (χ0v) is 10.2. The van der Waals surface area contributed by atoms with Crippen molar-refractivity contribution < 1.29 is 17.7 Å². The number of alkyl halides is 3. The maximum Gasteiger partial charge on any atom is 0.416 e.